The smallest absolute Gasteiger partial charge is 0.246 e. The van der Waals surface area contributed by atoms with Crippen LogP contribution in [0, 0.1) is 5.92 Å². The Bertz CT molecular complexity index is 154. The number of amides is 2. The van der Waals surface area contributed by atoms with Crippen molar-refractivity contribution in [3.05, 3.63) is 0 Å². The summed E-state index contributed by atoms with van der Waals surface area (Å²) in [5.41, 5.74) is 0. The topological polar surface area (TPSA) is 63.4 Å². The van der Waals surface area contributed by atoms with Gasteiger partial charge in [-0.1, -0.05) is 13.8 Å². The van der Waals surface area contributed by atoms with Crippen molar-refractivity contribution in [3.63, 3.8) is 0 Å². The lowest BCUT2D eigenvalue weighted by Gasteiger charge is -2.13. The lowest BCUT2D eigenvalue weighted by Crippen LogP contribution is -2.43. The van der Waals surface area contributed by atoms with Crippen molar-refractivity contribution in [1.82, 2.24) is 5.01 Å². The van der Waals surface area contributed by atoms with Crippen LogP contribution < -0.4 is 5.84 Å². The van der Waals surface area contributed by atoms with Gasteiger partial charge >= 0.3 is 0 Å². The molecule has 0 aromatic rings. The third-order valence-corrected chi connectivity index (χ3v) is 1.07. The number of nitrogens with zero attached hydrogens (tertiary/aromatic N) is 1. The minimum Gasteiger partial charge on any atom is -0.273 e. The second-order valence-corrected chi connectivity index (χ2v) is 2.38. The molecule has 0 rings (SSSR count). The molecule has 0 bridgehead atoms. The highest BCUT2D eigenvalue weighted by atomic mass is 16.2. The lowest BCUT2D eigenvalue weighted by molar-refractivity contribution is -0.145. The summed E-state index contributed by atoms with van der Waals surface area (Å²) in [7, 11) is 0. The van der Waals surface area contributed by atoms with Gasteiger partial charge in [0.25, 0.3) is 0 Å². The van der Waals surface area contributed by atoms with Gasteiger partial charge < -0.3 is 0 Å². The van der Waals surface area contributed by atoms with Crippen LogP contribution in [0.1, 0.15) is 20.8 Å². The first-order valence-electron chi connectivity index (χ1n) is 3.06. The molecule has 0 aliphatic carbocycles. The van der Waals surface area contributed by atoms with Crippen molar-refractivity contribution < 1.29 is 9.59 Å². The summed E-state index contributed by atoms with van der Waals surface area (Å²) >= 11 is 0. The van der Waals surface area contributed by atoms with Gasteiger partial charge in [0.05, 0.1) is 0 Å². The normalized spacial score (nSPS) is 9.70. The first kappa shape index (κ1) is 9.10. The van der Waals surface area contributed by atoms with Crippen LogP contribution in [0.5, 0.6) is 0 Å². The molecule has 0 radical (unpaired) electrons. The van der Waals surface area contributed by atoms with Crippen LogP contribution in [-0.4, -0.2) is 16.8 Å². The molecule has 0 heterocycles. The predicted octanol–water partition coefficient (Wildman–Crippen LogP) is -0.109. The lowest BCUT2D eigenvalue weighted by atomic mass is 10.2. The Morgan fingerprint density at radius 3 is 1.90 bits per heavy atom. The van der Waals surface area contributed by atoms with E-state index in [-0.39, 0.29) is 11.8 Å². The zero-order valence-electron chi connectivity index (χ0n) is 6.42. The molecule has 2 amide bonds. The fourth-order valence-electron chi connectivity index (χ4n) is 0.433. The van der Waals surface area contributed by atoms with Gasteiger partial charge in [0.15, 0.2) is 0 Å². The van der Waals surface area contributed by atoms with E-state index in [9.17, 15) is 9.59 Å². The quantitative estimate of drug-likeness (QED) is 0.317. The minimum atomic E-state index is -0.432. The van der Waals surface area contributed by atoms with Crippen LogP contribution in [0.25, 0.3) is 0 Å². The maximum atomic E-state index is 10.9. The number of rotatable bonds is 1. The molecule has 0 aliphatic heterocycles. The number of nitrogens with two attached hydrogens (primary N) is 1. The molecule has 0 atom stereocenters. The summed E-state index contributed by atoms with van der Waals surface area (Å²) in [6, 6.07) is 0. The van der Waals surface area contributed by atoms with Crippen molar-refractivity contribution in [3.8, 4) is 0 Å². The molecule has 4 heteroatoms. The Morgan fingerprint density at radius 1 is 1.40 bits per heavy atom. The molecule has 0 saturated heterocycles. The molecule has 0 saturated carbocycles. The highest BCUT2D eigenvalue weighted by Crippen LogP contribution is 1.96. The summed E-state index contributed by atoms with van der Waals surface area (Å²) in [5, 5.41) is 0.630. The van der Waals surface area contributed by atoms with E-state index < -0.39 is 5.91 Å². The summed E-state index contributed by atoms with van der Waals surface area (Å²) in [4.78, 5) is 21.3. The predicted molar refractivity (Wildman–Crippen MR) is 36.6 cm³/mol. The molecule has 58 valence electrons. The Hall–Kier alpha value is -0.900. The standard InChI is InChI=1S/C6H12N2O2/c1-4(2)6(10)8(7)5(3)9/h4H,7H2,1-3H3. The van der Waals surface area contributed by atoms with Crippen molar-refractivity contribution in [2.24, 2.45) is 11.8 Å². The average Bonchev–Trinajstić information content (AvgIpc) is 1.84. The molecule has 0 aromatic heterocycles. The molecule has 2 N–H and O–H groups in total. The van der Waals surface area contributed by atoms with Gasteiger partial charge in [0, 0.05) is 12.8 Å². The Morgan fingerprint density at radius 2 is 1.80 bits per heavy atom. The molecule has 0 fully saturated rings. The van der Waals surface area contributed by atoms with Crippen LogP contribution in [0.2, 0.25) is 0 Å². The molecule has 10 heavy (non-hydrogen) atoms. The first-order valence-corrected chi connectivity index (χ1v) is 3.06. The summed E-state index contributed by atoms with van der Waals surface area (Å²) in [5.74, 6) is 4.08. The van der Waals surface area contributed by atoms with Crippen LogP contribution in [0.3, 0.4) is 0 Å². The number of imide groups is 1. The van der Waals surface area contributed by atoms with Gasteiger partial charge in [-0.15, -0.1) is 0 Å². The van der Waals surface area contributed by atoms with E-state index in [1.807, 2.05) is 0 Å². The summed E-state index contributed by atoms with van der Waals surface area (Å²) < 4.78 is 0. The number of hydrogen-bond donors (Lipinski definition) is 1. The average molecular weight is 144 g/mol. The van der Waals surface area contributed by atoms with Crippen molar-refractivity contribution >= 4 is 11.8 Å². The third kappa shape index (κ3) is 2.14. The van der Waals surface area contributed by atoms with Gasteiger partial charge in [0.1, 0.15) is 0 Å². The molecule has 0 unspecified atom stereocenters. The van der Waals surface area contributed by atoms with E-state index in [0.717, 1.165) is 0 Å². The van der Waals surface area contributed by atoms with Crippen LogP contribution in [0.15, 0.2) is 0 Å². The molecule has 0 aliphatic rings. The fourth-order valence-corrected chi connectivity index (χ4v) is 0.433. The maximum absolute atomic E-state index is 10.9. The first-order chi connectivity index (χ1) is 4.46. The van der Waals surface area contributed by atoms with E-state index in [1.165, 1.54) is 6.92 Å². The van der Waals surface area contributed by atoms with Gasteiger partial charge in [-0.25, -0.2) is 10.9 Å². The maximum Gasteiger partial charge on any atom is 0.246 e. The fraction of sp³-hybridized carbons (Fsp3) is 0.667. The zero-order valence-corrected chi connectivity index (χ0v) is 6.42. The van der Waals surface area contributed by atoms with E-state index in [4.69, 9.17) is 5.84 Å². The van der Waals surface area contributed by atoms with E-state index in [2.05, 4.69) is 0 Å². The number of carbonyl (C=O) groups is 2. The highest BCUT2D eigenvalue weighted by molar-refractivity contribution is 5.94. The molecular formula is C6H12N2O2. The van der Waals surface area contributed by atoms with Crippen molar-refractivity contribution in [2.75, 3.05) is 0 Å². The van der Waals surface area contributed by atoms with E-state index in [0.29, 0.717) is 5.01 Å². The van der Waals surface area contributed by atoms with Crippen LogP contribution >= 0.6 is 0 Å². The van der Waals surface area contributed by atoms with Crippen molar-refractivity contribution in [1.29, 1.82) is 0 Å². The van der Waals surface area contributed by atoms with Crippen molar-refractivity contribution in [2.45, 2.75) is 20.8 Å². The van der Waals surface area contributed by atoms with Gasteiger partial charge in [-0.05, 0) is 0 Å². The zero-order chi connectivity index (χ0) is 8.31. The second-order valence-electron chi connectivity index (χ2n) is 2.38. The van der Waals surface area contributed by atoms with E-state index >= 15 is 0 Å². The SMILES string of the molecule is CC(=O)N(N)C(=O)C(C)C. The number of hydrazine groups is 1. The largest absolute Gasteiger partial charge is 0.273 e. The second kappa shape index (κ2) is 3.31. The van der Waals surface area contributed by atoms with Gasteiger partial charge in [0.2, 0.25) is 11.8 Å². The van der Waals surface area contributed by atoms with Crippen LogP contribution in [0.4, 0.5) is 0 Å². The third-order valence-electron chi connectivity index (χ3n) is 1.07. The van der Waals surface area contributed by atoms with E-state index in [1.54, 1.807) is 13.8 Å². The number of carbonyl (C=O) groups excluding carboxylic acids is 2. The monoisotopic (exact) mass is 144 g/mol. The number of hydrogen-bond acceptors (Lipinski definition) is 3. The summed E-state index contributed by atoms with van der Waals surface area (Å²) in [6.07, 6.45) is 0. The molecular weight excluding hydrogens is 132 g/mol. The van der Waals surface area contributed by atoms with Gasteiger partial charge in [-0.2, -0.15) is 0 Å². The minimum absolute atomic E-state index is 0.228. The Balaban J connectivity index is 4.08. The molecule has 0 spiro atoms. The summed E-state index contributed by atoms with van der Waals surface area (Å²) in [6.45, 7) is 4.62. The Kier molecular flexibility index (Phi) is 3.02. The highest BCUT2D eigenvalue weighted by Gasteiger charge is 2.16. The van der Waals surface area contributed by atoms with Gasteiger partial charge in [-0.3, -0.25) is 9.59 Å². The van der Waals surface area contributed by atoms with Crippen LogP contribution in [-0.2, 0) is 9.59 Å². The molecule has 0 aromatic carbocycles. The Labute approximate surface area is 60.0 Å². The molecule has 4 nitrogen and oxygen atoms in total.